The van der Waals surface area contributed by atoms with Gasteiger partial charge in [-0.05, 0) is 43.7 Å². The molecule has 1 nitrogen and oxygen atoms in total. The Labute approximate surface area is 106 Å². The van der Waals surface area contributed by atoms with E-state index in [1.807, 2.05) is 13.0 Å². The van der Waals surface area contributed by atoms with Gasteiger partial charge in [0.15, 0.2) is 0 Å². The van der Waals surface area contributed by atoms with E-state index < -0.39 is 5.60 Å². The predicted molar refractivity (Wildman–Crippen MR) is 70.4 cm³/mol. The van der Waals surface area contributed by atoms with E-state index in [0.717, 1.165) is 23.7 Å². The van der Waals surface area contributed by atoms with E-state index in [0.29, 0.717) is 5.92 Å². The zero-order valence-electron chi connectivity index (χ0n) is 9.75. The first-order valence-electron chi connectivity index (χ1n) is 6.05. The van der Waals surface area contributed by atoms with Crippen molar-refractivity contribution in [2.24, 2.45) is 5.92 Å². The number of benzene rings is 1. The van der Waals surface area contributed by atoms with Crippen LogP contribution in [0, 0.1) is 5.92 Å². The van der Waals surface area contributed by atoms with Crippen LogP contribution < -0.4 is 0 Å². The molecule has 2 heteroatoms. The number of rotatable bonds is 2. The zero-order chi connectivity index (χ0) is 11.6. The van der Waals surface area contributed by atoms with E-state index in [1.54, 1.807) is 0 Å². The minimum Gasteiger partial charge on any atom is -0.390 e. The summed E-state index contributed by atoms with van der Waals surface area (Å²) in [6.07, 6.45) is 5.50. The standard InChI is InChI=1S/C14H19BrO/c1-14(16)9-5-4-7-12(14)10-11-6-2-3-8-13(11)15/h2-3,6,8,12,16H,4-5,7,9-10H2,1H3. The highest BCUT2D eigenvalue weighted by Crippen LogP contribution is 2.36. The molecule has 0 aliphatic heterocycles. The van der Waals surface area contributed by atoms with E-state index >= 15 is 0 Å². The largest absolute Gasteiger partial charge is 0.390 e. The molecule has 16 heavy (non-hydrogen) atoms. The van der Waals surface area contributed by atoms with Crippen LogP contribution >= 0.6 is 15.9 Å². The maximum Gasteiger partial charge on any atom is 0.0651 e. The summed E-state index contributed by atoms with van der Waals surface area (Å²) in [6.45, 7) is 1.99. The number of halogens is 1. The van der Waals surface area contributed by atoms with Gasteiger partial charge < -0.3 is 5.11 Å². The van der Waals surface area contributed by atoms with Crippen LogP contribution in [0.4, 0.5) is 0 Å². The molecule has 0 bridgehead atoms. The fourth-order valence-electron chi connectivity index (χ4n) is 2.64. The number of hydrogen-bond acceptors (Lipinski definition) is 1. The van der Waals surface area contributed by atoms with Crippen molar-refractivity contribution in [2.45, 2.75) is 44.6 Å². The molecular formula is C14H19BrO. The third-order valence-electron chi connectivity index (χ3n) is 3.79. The van der Waals surface area contributed by atoms with Gasteiger partial charge in [-0.25, -0.2) is 0 Å². The van der Waals surface area contributed by atoms with Crippen molar-refractivity contribution >= 4 is 15.9 Å². The second-order valence-corrected chi connectivity index (χ2v) is 5.95. The van der Waals surface area contributed by atoms with Crippen molar-refractivity contribution in [3.8, 4) is 0 Å². The second kappa shape index (κ2) is 4.89. The molecule has 1 saturated carbocycles. The van der Waals surface area contributed by atoms with Crippen LogP contribution in [0.3, 0.4) is 0 Å². The summed E-state index contributed by atoms with van der Waals surface area (Å²) in [5.41, 5.74) is 0.836. The average molecular weight is 283 g/mol. The van der Waals surface area contributed by atoms with Crippen molar-refractivity contribution in [2.75, 3.05) is 0 Å². The molecule has 1 aromatic rings. The van der Waals surface area contributed by atoms with Crippen molar-refractivity contribution in [1.29, 1.82) is 0 Å². The summed E-state index contributed by atoms with van der Waals surface area (Å²) in [5, 5.41) is 10.4. The lowest BCUT2D eigenvalue weighted by Crippen LogP contribution is -2.38. The Morgan fingerprint density at radius 2 is 2.12 bits per heavy atom. The summed E-state index contributed by atoms with van der Waals surface area (Å²) in [7, 11) is 0. The molecule has 0 radical (unpaired) electrons. The van der Waals surface area contributed by atoms with Crippen LogP contribution in [0.15, 0.2) is 28.7 Å². The molecule has 88 valence electrons. The summed E-state index contributed by atoms with van der Waals surface area (Å²) < 4.78 is 1.16. The Hall–Kier alpha value is -0.340. The number of hydrogen-bond donors (Lipinski definition) is 1. The van der Waals surface area contributed by atoms with Gasteiger partial charge in [-0.2, -0.15) is 0 Å². The van der Waals surface area contributed by atoms with Crippen LogP contribution in [-0.2, 0) is 6.42 Å². The van der Waals surface area contributed by atoms with Crippen molar-refractivity contribution < 1.29 is 5.11 Å². The van der Waals surface area contributed by atoms with Gasteiger partial charge in [0.2, 0.25) is 0 Å². The molecule has 1 aromatic carbocycles. The van der Waals surface area contributed by atoms with Crippen molar-refractivity contribution in [1.82, 2.24) is 0 Å². The van der Waals surface area contributed by atoms with Gasteiger partial charge in [0.05, 0.1) is 5.60 Å². The van der Waals surface area contributed by atoms with Gasteiger partial charge in [-0.15, -0.1) is 0 Å². The Morgan fingerprint density at radius 1 is 1.38 bits per heavy atom. The highest BCUT2D eigenvalue weighted by atomic mass is 79.9. The van der Waals surface area contributed by atoms with E-state index in [2.05, 4.69) is 34.1 Å². The lowest BCUT2D eigenvalue weighted by molar-refractivity contribution is -0.0314. The van der Waals surface area contributed by atoms with Crippen LogP contribution in [0.1, 0.15) is 38.2 Å². The lowest BCUT2D eigenvalue weighted by atomic mass is 9.74. The molecule has 1 N–H and O–H groups in total. The Bertz CT molecular complexity index is 360. The van der Waals surface area contributed by atoms with Crippen molar-refractivity contribution in [3.63, 3.8) is 0 Å². The molecule has 0 saturated heterocycles. The Balaban J connectivity index is 2.12. The molecule has 2 atom stereocenters. The molecule has 1 aliphatic carbocycles. The van der Waals surface area contributed by atoms with E-state index in [-0.39, 0.29) is 0 Å². The zero-order valence-corrected chi connectivity index (χ0v) is 11.3. The second-order valence-electron chi connectivity index (χ2n) is 5.10. The van der Waals surface area contributed by atoms with Crippen LogP contribution in [-0.4, -0.2) is 10.7 Å². The SMILES string of the molecule is CC1(O)CCCCC1Cc1ccccc1Br. The van der Waals surface area contributed by atoms with Gasteiger partial charge in [0, 0.05) is 4.47 Å². The van der Waals surface area contributed by atoms with Gasteiger partial charge in [0.1, 0.15) is 0 Å². The molecule has 2 unspecified atom stereocenters. The monoisotopic (exact) mass is 282 g/mol. The minimum atomic E-state index is -0.479. The summed E-state index contributed by atoms with van der Waals surface area (Å²) >= 11 is 3.58. The molecule has 1 fully saturated rings. The van der Waals surface area contributed by atoms with Gasteiger partial charge in [-0.3, -0.25) is 0 Å². The average Bonchev–Trinajstić information content (AvgIpc) is 2.24. The third kappa shape index (κ3) is 2.67. The lowest BCUT2D eigenvalue weighted by Gasteiger charge is -2.37. The van der Waals surface area contributed by atoms with Crippen LogP contribution in [0.2, 0.25) is 0 Å². The topological polar surface area (TPSA) is 20.2 Å². The Kier molecular flexibility index (Phi) is 3.70. The van der Waals surface area contributed by atoms with Crippen LogP contribution in [0.25, 0.3) is 0 Å². The third-order valence-corrected chi connectivity index (χ3v) is 4.56. The van der Waals surface area contributed by atoms with Crippen LogP contribution in [0.5, 0.6) is 0 Å². The molecular weight excluding hydrogens is 264 g/mol. The number of aliphatic hydroxyl groups is 1. The quantitative estimate of drug-likeness (QED) is 0.871. The molecule has 0 aromatic heterocycles. The first kappa shape index (κ1) is 12.1. The molecule has 1 aliphatic rings. The minimum absolute atomic E-state index is 0.403. The fourth-order valence-corrected chi connectivity index (χ4v) is 3.09. The smallest absolute Gasteiger partial charge is 0.0651 e. The molecule has 0 spiro atoms. The van der Waals surface area contributed by atoms with E-state index in [9.17, 15) is 5.11 Å². The maximum atomic E-state index is 10.4. The van der Waals surface area contributed by atoms with Gasteiger partial charge >= 0.3 is 0 Å². The van der Waals surface area contributed by atoms with Gasteiger partial charge in [0.25, 0.3) is 0 Å². The normalized spacial score (nSPS) is 30.3. The Morgan fingerprint density at radius 3 is 2.81 bits per heavy atom. The van der Waals surface area contributed by atoms with E-state index in [1.165, 1.54) is 18.4 Å². The summed E-state index contributed by atoms with van der Waals surface area (Å²) in [4.78, 5) is 0. The first-order chi connectivity index (χ1) is 7.59. The molecule has 0 amide bonds. The predicted octanol–water partition coefficient (Wildman–Crippen LogP) is 3.93. The molecule has 0 heterocycles. The highest BCUT2D eigenvalue weighted by Gasteiger charge is 2.34. The molecule has 2 rings (SSSR count). The first-order valence-corrected chi connectivity index (χ1v) is 6.85. The van der Waals surface area contributed by atoms with Gasteiger partial charge in [-0.1, -0.05) is 47.0 Å². The summed E-state index contributed by atoms with van der Waals surface area (Å²) in [6, 6.07) is 8.33. The summed E-state index contributed by atoms with van der Waals surface area (Å²) in [5.74, 6) is 0.403. The van der Waals surface area contributed by atoms with E-state index in [4.69, 9.17) is 0 Å². The highest BCUT2D eigenvalue weighted by molar-refractivity contribution is 9.10. The fraction of sp³-hybridized carbons (Fsp3) is 0.571. The van der Waals surface area contributed by atoms with Crippen molar-refractivity contribution in [3.05, 3.63) is 34.3 Å². The maximum absolute atomic E-state index is 10.4.